The lowest BCUT2D eigenvalue weighted by molar-refractivity contribution is -0.796. The van der Waals surface area contributed by atoms with Crippen molar-refractivity contribution >= 4 is 6.34 Å². The van der Waals surface area contributed by atoms with E-state index in [0.717, 1.165) is 11.0 Å². The van der Waals surface area contributed by atoms with Gasteiger partial charge in [-0.25, -0.2) is 9.48 Å². The molecule has 0 radical (unpaired) electrons. The van der Waals surface area contributed by atoms with E-state index in [1.165, 1.54) is 0 Å². The number of hydrogen-bond acceptors (Lipinski definition) is 1. The molecular weight excluding hydrogens is 136 g/mol. The summed E-state index contributed by atoms with van der Waals surface area (Å²) < 4.78 is 0.809. The third kappa shape index (κ3) is 1.40. The summed E-state index contributed by atoms with van der Waals surface area (Å²) in [4.78, 5) is 4.10. The predicted molar refractivity (Wildman–Crippen MR) is 48.1 cm³/mol. The molecule has 1 aliphatic heterocycles. The van der Waals surface area contributed by atoms with Crippen LogP contribution in [0.3, 0.4) is 0 Å². The van der Waals surface area contributed by atoms with E-state index in [4.69, 9.17) is 0 Å². The average molecular weight is 151 g/mol. The van der Waals surface area contributed by atoms with Crippen LogP contribution in [-0.2, 0) is 0 Å². The van der Waals surface area contributed by atoms with Crippen molar-refractivity contribution in [3.8, 4) is 0 Å². The van der Waals surface area contributed by atoms with E-state index >= 15 is 0 Å². The van der Waals surface area contributed by atoms with Crippen LogP contribution in [-0.4, -0.2) is 23.4 Å². The summed E-state index contributed by atoms with van der Waals surface area (Å²) in [6, 6.07) is 0.537. The normalized spacial score (nSPS) is 28.3. The zero-order valence-electron chi connectivity index (χ0n) is 7.20. The maximum absolute atomic E-state index is 4.10. The molecule has 0 amide bonds. The number of nitrogens with zero attached hydrogens (tertiary/aromatic N) is 2. The third-order valence-electron chi connectivity index (χ3n) is 2.12. The Balaban J connectivity index is 2.80. The maximum Gasteiger partial charge on any atom is 0.195 e. The van der Waals surface area contributed by atoms with E-state index in [9.17, 15) is 0 Å². The van der Waals surface area contributed by atoms with Crippen LogP contribution in [0, 0.1) is 0 Å². The lowest BCUT2D eigenvalue weighted by atomic mass is 10.2. The third-order valence-corrected chi connectivity index (χ3v) is 2.12. The molecule has 0 aliphatic carbocycles. The van der Waals surface area contributed by atoms with Gasteiger partial charge in [0.15, 0.2) is 6.34 Å². The maximum atomic E-state index is 4.10. The minimum absolute atomic E-state index is 0.537. The van der Waals surface area contributed by atoms with Gasteiger partial charge in [0, 0.05) is 0 Å². The van der Waals surface area contributed by atoms with Crippen molar-refractivity contribution in [2.75, 3.05) is 6.54 Å². The van der Waals surface area contributed by atoms with Gasteiger partial charge in [-0.1, -0.05) is 6.58 Å². The van der Waals surface area contributed by atoms with Crippen LogP contribution in [0.4, 0.5) is 0 Å². The summed E-state index contributed by atoms with van der Waals surface area (Å²) in [6.45, 7) is 9.04. The molecule has 0 aromatic heterocycles. The molecule has 1 heterocycles. The first-order valence-corrected chi connectivity index (χ1v) is 3.91. The minimum atomic E-state index is 0.537. The van der Waals surface area contributed by atoms with Crippen molar-refractivity contribution in [2.45, 2.75) is 19.9 Å². The van der Waals surface area contributed by atoms with Gasteiger partial charge in [0.05, 0.1) is 12.2 Å². The van der Waals surface area contributed by atoms with E-state index in [-0.39, 0.29) is 0 Å². The van der Waals surface area contributed by atoms with Crippen molar-refractivity contribution in [3.63, 3.8) is 0 Å². The lowest BCUT2D eigenvalue weighted by Gasteiger charge is -2.30. The highest BCUT2D eigenvalue weighted by Crippen LogP contribution is 2.16. The molecule has 0 spiro atoms. The number of hydrogen-bond donors (Lipinski definition) is 0. The Labute approximate surface area is 68.1 Å². The molecule has 2 heteroatoms. The first kappa shape index (κ1) is 8.21. The fourth-order valence-corrected chi connectivity index (χ4v) is 1.21. The Hall–Kier alpha value is -0.890. The van der Waals surface area contributed by atoms with E-state index in [1.54, 1.807) is 0 Å². The van der Waals surface area contributed by atoms with Crippen molar-refractivity contribution in [2.24, 2.45) is 4.99 Å². The second kappa shape index (κ2) is 3.01. The smallest absolute Gasteiger partial charge is 0.195 e. The van der Waals surface area contributed by atoms with Gasteiger partial charge in [-0.3, -0.25) is 0 Å². The molecule has 0 saturated carbocycles. The second-order valence-electron chi connectivity index (χ2n) is 3.12. The summed E-state index contributed by atoms with van der Waals surface area (Å²) in [6.07, 6.45) is 7.85. The van der Waals surface area contributed by atoms with Gasteiger partial charge in [-0.15, -0.1) is 0 Å². The zero-order chi connectivity index (χ0) is 8.32. The fraction of sp³-hybridized carbons (Fsp3) is 0.444. The summed E-state index contributed by atoms with van der Waals surface area (Å²) >= 11 is 0. The molecule has 1 aliphatic rings. The molecular formula is C9H15N2+. The van der Waals surface area contributed by atoms with Crippen molar-refractivity contribution in [3.05, 3.63) is 25.1 Å². The van der Waals surface area contributed by atoms with Crippen LogP contribution >= 0.6 is 0 Å². The van der Waals surface area contributed by atoms with E-state index in [2.05, 4.69) is 31.6 Å². The Morgan fingerprint density at radius 3 is 2.73 bits per heavy atom. The largest absolute Gasteiger partial charge is 0.248 e. The SMILES string of the molecule is C=CC[N+]1(C(C)C)C=CN=C1. The zero-order valence-corrected chi connectivity index (χ0v) is 7.20. The van der Waals surface area contributed by atoms with Gasteiger partial charge < -0.3 is 0 Å². The van der Waals surface area contributed by atoms with Crippen LogP contribution in [0.1, 0.15) is 13.8 Å². The molecule has 11 heavy (non-hydrogen) atoms. The molecule has 0 N–H and O–H groups in total. The van der Waals surface area contributed by atoms with Crippen LogP contribution in [0.5, 0.6) is 0 Å². The highest BCUT2D eigenvalue weighted by molar-refractivity contribution is 5.51. The number of aliphatic imine (C=N–C) groups is 1. The molecule has 0 bridgehead atoms. The summed E-state index contributed by atoms with van der Waals surface area (Å²) in [5.41, 5.74) is 0. The molecule has 0 saturated heterocycles. The second-order valence-corrected chi connectivity index (χ2v) is 3.12. The summed E-state index contributed by atoms with van der Waals surface area (Å²) in [5.74, 6) is 0. The minimum Gasteiger partial charge on any atom is -0.248 e. The Morgan fingerprint density at radius 1 is 1.64 bits per heavy atom. The number of rotatable bonds is 3. The van der Waals surface area contributed by atoms with Crippen LogP contribution in [0.25, 0.3) is 0 Å². The first-order chi connectivity index (χ1) is 5.21. The molecule has 1 rings (SSSR count). The average Bonchev–Trinajstić information content (AvgIpc) is 2.38. The lowest BCUT2D eigenvalue weighted by Crippen LogP contribution is -2.45. The highest BCUT2D eigenvalue weighted by Gasteiger charge is 2.27. The van der Waals surface area contributed by atoms with Crippen molar-refractivity contribution in [1.29, 1.82) is 0 Å². The fourth-order valence-electron chi connectivity index (χ4n) is 1.21. The van der Waals surface area contributed by atoms with Gasteiger partial charge in [0.25, 0.3) is 0 Å². The topological polar surface area (TPSA) is 12.4 Å². The van der Waals surface area contributed by atoms with Gasteiger partial charge in [-0.05, 0) is 19.9 Å². The van der Waals surface area contributed by atoms with Crippen molar-refractivity contribution < 1.29 is 4.48 Å². The predicted octanol–water partition coefficient (Wildman–Crippen LogP) is 1.91. The Bertz CT molecular complexity index is 190. The molecule has 0 aromatic rings. The Kier molecular flexibility index (Phi) is 2.25. The Morgan fingerprint density at radius 2 is 2.36 bits per heavy atom. The van der Waals surface area contributed by atoms with Crippen molar-refractivity contribution in [1.82, 2.24) is 0 Å². The standard InChI is InChI=1S/C9H15N2/c1-4-6-11(9(2)3)7-5-10-8-11/h4-5,7-9H,1,6H2,2-3H3/q+1. The molecule has 60 valence electrons. The molecule has 0 fully saturated rings. The quantitative estimate of drug-likeness (QED) is 0.431. The van der Waals surface area contributed by atoms with Gasteiger partial charge in [-0.2, -0.15) is 0 Å². The van der Waals surface area contributed by atoms with Gasteiger partial charge in [0.1, 0.15) is 12.7 Å². The molecule has 1 atom stereocenters. The van der Waals surface area contributed by atoms with Crippen LogP contribution in [0.15, 0.2) is 30.0 Å². The monoisotopic (exact) mass is 151 g/mol. The summed E-state index contributed by atoms with van der Waals surface area (Å²) in [7, 11) is 0. The van der Waals surface area contributed by atoms with Gasteiger partial charge in [0.2, 0.25) is 0 Å². The highest BCUT2D eigenvalue weighted by atomic mass is 15.4. The van der Waals surface area contributed by atoms with E-state index in [0.29, 0.717) is 6.04 Å². The molecule has 1 unspecified atom stereocenters. The summed E-state index contributed by atoms with van der Waals surface area (Å²) in [5, 5.41) is 0. The van der Waals surface area contributed by atoms with E-state index in [1.807, 2.05) is 18.6 Å². The molecule has 0 aromatic carbocycles. The van der Waals surface area contributed by atoms with Gasteiger partial charge >= 0.3 is 0 Å². The van der Waals surface area contributed by atoms with Crippen LogP contribution in [0.2, 0.25) is 0 Å². The van der Waals surface area contributed by atoms with Crippen LogP contribution < -0.4 is 0 Å². The van der Waals surface area contributed by atoms with E-state index < -0.39 is 0 Å². The first-order valence-electron chi connectivity index (χ1n) is 3.91. The molecule has 2 nitrogen and oxygen atoms in total. The number of quaternary nitrogens is 1.